The van der Waals surface area contributed by atoms with Crippen LogP contribution in [0, 0.1) is 13.8 Å². The van der Waals surface area contributed by atoms with Gasteiger partial charge in [0, 0.05) is 11.1 Å². The number of furan rings is 1. The number of methoxy groups -OCH3 is 1. The molecule has 35 heavy (non-hydrogen) atoms. The van der Waals surface area contributed by atoms with Crippen molar-refractivity contribution in [3.8, 4) is 11.5 Å². The van der Waals surface area contributed by atoms with Crippen LogP contribution in [0.15, 0.2) is 76.2 Å². The van der Waals surface area contributed by atoms with Gasteiger partial charge in [0.2, 0.25) is 0 Å². The molecule has 0 aliphatic carbocycles. The number of aryl methyl sites for hydroxylation is 2. The molecule has 1 heterocycles. The Morgan fingerprint density at radius 2 is 1.83 bits per heavy atom. The molecule has 0 saturated heterocycles. The molecule has 0 unspecified atom stereocenters. The summed E-state index contributed by atoms with van der Waals surface area (Å²) in [5, 5.41) is 7.56. The van der Waals surface area contributed by atoms with Crippen molar-refractivity contribution < 1.29 is 23.5 Å². The SMILES string of the molecule is COc1cccc2cc(C(=O)N/N=C\c3cccc(OCC(=O)Nc4ccc(C)c(C)c4)c3)oc12. The number of amides is 2. The van der Waals surface area contributed by atoms with Crippen LogP contribution < -0.4 is 20.2 Å². The summed E-state index contributed by atoms with van der Waals surface area (Å²) in [6.07, 6.45) is 1.48. The van der Waals surface area contributed by atoms with E-state index in [0.29, 0.717) is 22.6 Å². The fourth-order valence-electron chi connectivity index (χ4n) is 3.38. The molecule has 0 fully saturated rings. The number of anilines is 1. The second-order valence-electron chi connectivity index (χ2n) is 7.90. The van der Waals surface area contributed by atoms with E-state index >= 15 is 0 Å². The first-order valence-electron chi connectivity index (χ1n) is 10.9. The zero-order chi connectivity index (χ0) is 24.8. The molecule has 8 nitrogen and oxygen atoms in total. The Labute approximate surface area is 202 Å². The Hall–Kier alpha value is -4.59. The first kappa shape index (κ1) is 23.6. The number of carbonyl (C=O) groups is 2. The van der Waals surface area contributed by atoms with Gasteiger partial charge in [-0.05, 0) is 66.9 Å². The molecule has 0 aliphatic heterocycles. The molecule has 3 aromatic carbocycles. The van der Waals surface area contributed by atoms with Gasteiger partial charge < -0.3 is 19.2 Å². The Morgan fingerprint density at radius 1 is 1.00 bits per heavy atom. The second kappa shape index (κ2) is 10.6. The number of carbonyl (C=O) groups excluding carboxylic acids is 2. The fraction of sp³-hybridized carbons (Fsp3) is 0.148. The zero-order valence-electron chi connectivity index (χ0n) is 19.6. The van der Waals surface area contributed by atoms with Crippen LogP contribution in [0.25, 0.3) is 11.0 Å². The van der Waals surface area contributed by atoms with Gasteiger partial charge in [0.15, 0.2) is 23.7 Å². The third kappa shape index (κ3) is 5.86. The number of benzene rings is 3. The maximum atomic E-state index is 12.4. The molecule has 0 aliphatic rings. The first-order chi connectivity index (χ1) is 16.9. The quantitative estimate of drug-likeness (QED) is 0.283. The summed E-state index contributed by atoms with van der Waals surface area (Å²) in [5.74, 6) is 0.412. The maximum Gasteiger partial charge on any atom is 0.307 e. The van der Waals surface area contributed by atoms with Crippen LogP contribution in [0.3, 0.4) is 0 Å². The Bertz CT molecular complexity index is 1410. The van der Waals surface area contributed by atoms with E-state index in [1.54, 1.807) is 36.4 Å². The first-order valence-corrected chi connectivity index (χ1v) is 10.9. The van der Waals surface area contributed by atoms with Crippen molar-refractivity contribution in [3.05, 3.63) is 89.2 Å². The minimum atomic E-state index is -0.491. The fourth-order valence-corrected chi connectivity index (χ4v) is 3.38. The number of nitrogens with one attached hydrogen (secondary N) is 2. The summed E-state index contributed by atoms with van der Waals surface area (Å²) >= 11 is 0. The van der Waals surface area contributed by atoms with Gasteiger partial charge in [-0.1, -0.05) is 30.3 Å². The Morgan fingerprint density at radius 3 is 2.63 bits per heavy atom. The number of hydrogen-bond donors (Lipinski definition) is 2. The normalized spacial score (nSPS) is 10.9. The Balaban J connectivity index is 1.32. The highest BCUT2D eigenvalue weighted by Gasteiger charge is 2.14. The van der Waals surface area contributed by atoms with Crippen LogP contribution in [0.4, 0.5) is 5.69 Å². The predicted molar refractivity (Wildman–Crippen MR) is 134 cm³/mol. The highest BCUT2D eigenvalue weighted by atomic mass is 16.5. The average molecular weight is 472 g/mol. The van der Waals surface area contributed by atoms with E-state index in [4.69, 9.17) is 13.9 Å². The molecule has 2 N–H and O–H groups in total. The van der Waals surface area contributed by atoms with Crippen LogP contribution in [0.5, 0.6) is 11.5 Å². The standard InChI is InChI=1S/C27H25N3O5/c1-17-10-11-21(12-18(17)2)29-25(31)16-34-22-8-4-6-19(13-22)15-28-30-27(32)24-14-20-7-5-9-23(33-3)26(20)35-24/h4-15H,16H2,1-3H3,(H,29,31)(H,30,32)/b28-15-. The van der Waals surface area contributed by atoms with Gasteiger partial charge in [-0.2, -0.15) is 5.10 Å². The van der Waals surface area contributed by atoms with Crippen LogP contribution >= 0.6 is 0 Å². The summed E-state index contributed by atoms with van der Waals surface area (Å²) in [4.78, 5) is 24.6. The van der Waals surface area contributed by atoms with E-state index in [9.17, 15) is 9.59 Å². The van der Waals surface area contributed by atoms with Crippen molar-refractivity contribution in [2.45, 2.75) is 13.8 Å². The number of fused-ring (bicyclic) bond motifs is 1. The van der Waals surface area contributed by atoms with E-state index in [1.807, 2.05) is 44.2 Å². The maximum absolute atomic E-state index is 12.4. The number of nitrogens with zero attached hydrogens (tertiary/aromatic N) is 1. The molecule has 0 radical (unpaired) electrons. The van der Waals surface area contributed by atoms with Crippen LogP contribution in [-0.2, 0) is 4.79 Å². The van der Waals surface area contributed by atoms with Crippen LogP contribution in [0.2, 0.25) is 0 Å². The number of hydrazone groups is 1. The molecule has 4 aromatic rings. The highest BCUT2D eigenvalue weighted by molar-refractivity contribution is 5.97. The lowest BCUT2D eigenvalue weighted by Gasteiger charge is -2.09. The van der Waals surface area contributed by atoms with E-state index in [0.717, 1.165) is 22.2 Å². The molecule has 0 atom stereocenters. The number of hydrogen-bond acceptors (Lipinski definition) is 6. The number of ether oxygens (including phenoxy) is 2. The molecule has 4 rings (SSSR count). The topological polar surface area (TPSA) is 102 Å². The van der Waals surface area contributed by atoms with Crippen molar-refractivity contribution in [2.75, 3.05) is 19.0 Å². The van der Waals surface area contributed by atoms with Crippen LogP contribution in [0.1, 0.15) is 27.2 Å². The monoisotopic (exact) mass is 471 g/mol. The minimum Gasteiger partial charge on any atom is -0.493 e. The average Bonchev–Trinajstić information content (AvgIpc) is 3.30. The summed E-state index contributed by atoms with van der Waals surface area (Å²) < 4.78 is 16.5. The van der Waals surface area contributed by atoms with Gasteiger partial charge in [-0.15, -0.1) is 0 Å². The molecule has 8 heteroatoms. The minimum absolute atomic E-state index is 0.119. The van der Waals surface area contributed by atoms with E-state index in [1.165, 1.54) is 13.3 Å². The third-order valence-corrected chi connectivity index (χ3v) is 5.35. The lowest BCUT2D eigenvalue weighted by Crippen LogP contribution is -2.20. The van der Waals surface area contributed by atoms with Gasteiger partial charge in [-0.3, -0.25) is 9.59 Å². The largest absolute Gasteiger partial charge is 0.493 e. The van der Waals surface area contributed by atoms with E-state index in [2.05, 4.69) is 15.8 Å². The number of rotatable bonds is 8. The van der Waals surface area contributed by atoms with Gasteiger partial charge in [0.25, 0.3) is 5.91 Å². The van der Waals surface area contributed by atoms with Gasteiger partial charge in [-0.25, -0.2) is 5.43 Å². The molecule has 0 spiro atoms. The molecule has 2 amide bonds. The summed E-state index contributed by atoms with van der Waals surface area (Å²) in [6.45, 7) is 3.87. The molecule has 0 saturated carbocycles. The van der Waals surface area contributed by atoms with Gasteiger partial charge in [0.05, 0.1) is 13.3 Å². The van der Waals surface area contributed by atoms with Gasteiger partial charge >= 0.3 is 5.91 Å². The third-order valence-electron chi connectivity index (χ3n) is 5.35. The van der Waals surface area contributed by atoms with Crippen molar-refractivity contribution in [3.63, 3.8) is 0 Å². The molecule has 1 aromatic heterocycles. The van der Waals surface area contributed by atoms with Crippen molar-refractivity contribution in [1.29, 1.82) is 0 Å². The second-order valence-corrected chi connectivity index (χ2v) is 7.90. The summed E-state index contributed by atoms with van der Waals surface area (Å²) in [6, 6.07) is 19.8. The predicted octanol–water partition coefficient (Wildman–Crippen LogP) is 4.84. The lowest BCUT2D eigenvalue weighted by atomic mass is 10.1. The van der Waals surface area contributed by atoms with E-state index in [-0.39, 0.29) is 18.3 Å². The van der Waals surface area contributed by atoms with Gasteiger partial charge in [0.1, 0.15) is 5.75 Å². The van der Waals surface area contributed by atoms with E-state index < -0.39 is 5.91 Å². The highest BCUT2D eigenvalue weighted by Crippen LogP contribution is 2.28. The molecule has 178 valence electrons. The molecule has 0 bridgehead atoms. The van der Waals surface area contributed by atoms with Crippen LogP contribution in [-0.4, -0.2) is 31.7 Å². The molecular weight excluding hydrogens is 446 g/mol. The molecular formula is C27H25N3O5. The van der Waals surface area contributed by atoms with Crippen molar-refractivity contribution in [2.24, 2.45) is 5.10 Å². The lowest BCUT2D eigenvalue weighted by molar-refractivity contribution is -0.118. The Kier molecular flexibility index (Phi) is 7.11. The van der Waals surface area contributed by atoms with Crippen molar-refractivity contribution in [1.82, 2.24) is 5.43 Å². The summed E-state index contributed by atoms with van der Waals surface area (Å²) in [7, 11) is 1.54. The number of para-hydroxylation sites is 1. The smallest absolute Gasteiger partial charge is 0.307 e. The summed E-state index contributed by atoms with van der Waals surface area (Å²) in [5.41, 5.74) is 6.60. The zero-order valence-corrected chi connectivity index (χ0v) is 19.6. The van der Waals surface area contributed by atoms with Crippen molar-refractivity contribution >= 4 is 34.7 Å².